The van der Waals surface area contributed by atoms with Crippen molar-refractivity contribution < 1.29 is 4.21 Å². The van der Waals surface area contributed by atoms with Crippen molar-refractivity contribution in [2.75, 3.05) is 5.75 Å². The Kier molecular flexibility index (Phi) is 4.73. The summed E-state index contributed by atoms with van der Waals surface area (Å²) in [6.07, 6.45) is 0.409. The highest BCUT2D eigenvalue weighted by atomic mass is 35.5. The third-order valence-electron chi connectivity index (χ3n) is 2.96. The number of aromatic nitrogens is 2. The molecule has 0 saturated heterocycles. The van der Waals surface area contributed by atoms with Crippen LogP contribution in [0.15, 0.2) is 34.0 Å². The number of benzene rings is 1. The predicted octanol–water partition coefficient (Wildman–Crippen LogP) is 2.39. The molecule has 106 valence electrons. The average Bonchev–Trinajstić information content (AvgIpc) is 2.37. The maximum Gasteiger partial charge on any atom is 0.254 e. The molecule has 1 aromatic carbocycles. The van der Waals surface area contributed by atoms with Gasteiger partial charge in [-0.3, -0.25) is 9.00 Å². The lowest BCUT2D eigenvalue weighted by atomic mass is 10.2. The summed E-state index contributed by atoms with van der Waals surface area (Å²) in [5.41, 5.74) is 1.10. The van der Waals surface area contributed by atoms with Crippen LogP contribution in [0, 0.1) is 13.8 Å². The van der Waals surface area contributed by atoms with Crippen molar-refractivity contribution in [1.82, 2.24) is 9.97 Å². The minimum atomic E-state index is -1.23. The normalized spacial score (nSPS) is 12.3. The first-order chi connectivity index (χ1) is 9.49. The molecule has 0 aliphatic rings. The van der Waals surface area contributed by atoms with Crippen LogP contribution in [0.2, 0.25) is 5.02 Å². The second kappa shape index (κ2) is 6.33. The van der Waals surface area contributed by atoms with E-state index in [0.29, 0.717) is 39.2 Å². The zero-order chi connectivity index (χ0) is 14.7. The number of nitrogens with zero attached hydrogens (tertiary/aromatic N) is 1. The van der Waals surface area contributed by atoms with E-state index in [1.54, 1.807) is 38.1 Å². The molecule has 0 aliphatic heterocycles. The van der Waals surface area contributed by atoms with Gasteiger partial charge in [0.15, 0.2) is 0 Å². The number of aromatic amines is 1. The van der Waals surface area contributed by atoms with Crippen LogP contribution >= 0.6 is 11.6 Å². The molecule has 2 rings (SSSR count). The highest BCUT2D eigenvalue weighted by Gasteiger charge is 2.12. The summed E-state index contributed by atoms with van der Waals surface area (Å²) in [6, 6.07) is 7.04. The Morgan fingerprint density at radius 3 is 2.65 bits per heavy atom. The average molecular weight is 311 g/mol. The number of H-pyrrole nitrogens is 1. The minimum Gasteiger partial charge on any atom is -0.311 e. The molecule has 20 heavy (non-hydrogen) atoms. The maximum absolute atomic E-state index is 12.2. The molecule has 0 bridgehead atoms. The number of halogens is 1. The predicted molar refractivity (Wildman–Crippen MR) is 80.8 cm³/mol. The van der Waals surface area contributed by atoms with E-state index in [9.17, 15) is 9.00 Å². The van der Waals surface area contributed by atoms with Gasteiger partial charge in [0.2, 0.25) is 0 Å². The van der Waals surface area contributed by atoms with Crippen molar-refractivity contribution in [3.05, 3.63) is 56.7 Å². The van der Waals surface area contributed by atoms with E-state index >= 15 is 0 Å². The first-order valence-electron chi connectivity index (χ1n) is 6.18. The third kappa shape index (κ3) is 3.35. The molecule has 1 aromatic heterocycles. The second-order valence-electron chi connectivity index (χ2n) is 4.45. The van der Waals surface area contributed by atoms with Crippen molar-refractivity contribution in [2.45, 2.75) is 25.2 Å². The smallest absolute Gasteiger partial charge is 0.254 e. The third-order valence-corrected chi connectivity index (χ3v) is 4.82. The van der Waals surface area contributed by atoms with E-state index < -0.39 is 10.8 Å². The molecule has 4 nitrogen and oxygen atoms in total. The summed E-state index contributed by atoms with van der Waals surface area (Å²) in [5.74, 6) is 0.932. The van der Waals surface area contributed by atoms with E-state index in [1.807, 2.05) is 0 Å². The molecule has 0 aliphatic carbocycles. The number of aryl methyl sites for hydroxylation is 2. The van der Waals surface area contributed by atoms with Crippen LogP contribution in [0.3, 0.4) is 0 Å². The van der Waals surface area contributed by atoms with Gasteiger partial charge in [-0.1, -0.05) is 23.7 Å². The van der Waals surface area contributed by atoms with Gasteiger partial charge in [-0.15, -0.1) is 0 Å². The Bertz CT molecular complexity index is 713. The van der Waals surface area contributed by atoms with Crippen LogP contribution in [0.5, 0.6) is 0 Å². The van der Waals surface area contributed by atoms with Crippen LogP contribution < -0.4 is 5.56 Å². The summed E-state index contributed by atoms with van der Waals surface area (Å²) >= 11 is 6.01. The molecule has 0 spiro atoms. The largest absolute Gasteiger partial charge is 0.311 e. The fourth-order valence-corrected chi connectivity index (χ4v) is 3.50. The topological polar surface area (TPSA) is 62.8 Å². The maximum atomic E-state index is 12.2. The van der Waals surface area contributed by atoms with E-state index in [1.165, 1.54) is 0 Å². The molecule has 0 saturated carbocycles. The summed E-state index contributed by atoms with van der Waals surface area (Å²) < 4.78 is 12.2. The number of nitrogens with one attached hydrogen (secondary N) is 1. The molecule has 6 heteroatoms. The highest BCUT2D eigenvalue weighted by molar-refractivity contribution is 7.85. The molecule has 0 radical (unpaired) electrons. The van der Waals surface area contributed by atoms with Gasteiger partial charge in [-0.25, -0.2) is 4.98 Å². The first kappa shape index (κ1) is 14.9. The van der Waals surface area contributed by atoms with Gasteiger partial charge in [0.25, 0.3) is 5.56 Å². The first-order valence-corrected chi connectivity index (χ1v) is 7.88. The van der Waals surface area contributed by atoms with Crippen LogP contribution in [0.4, 0.5) is 0 Å². The van der Waals surface area contributed by atoms with Gasteiger partial charge in [0, 0.05) is 17.0 Å². The SMILES string of the molecule is Cc1nc(C)c(CCS(=O)c2ccccc2Cl)c(=O)[nH]1. The molecule has 1 N–H and O–H groups in total. The summed E-state index contributed by atoms with van der Waals surface area (Å²) in [5, 5.41) is 0.485. The minimum absolute atomic E-state index is 0.161. The molecule has 0 fully saturated rings. The Labute approximate surface area is 124 Å². The van der Waals surface area contributed by atoms with Gasteiger partial charge in [-0.2, -0.15) is 0 Å². The number of hydrogen-bond donors (Lipinski definition) is 1. The molecular weight excluding hydrogens is 296 g/mol. The lowest BCUT2D eigenvalue weighted by Crippen LogP contribution is -2.19. The van der Waals surface area contributed by atoms with E-state index in [0.717, 1.165) is 0 Å². The summed E-state index contributed by atoms with van der Waals surface area (Å²) in [4.78, 5) is 19.3. The molecule has 1 atom stereocenters. The van der Waals surface area contributed by atoms with Crippen molar-refractivity contribution >= 4 is 22.4 Å². The Morgan fingerprint density at radius 1 is 1.30 bits per heavy atom. The van der Waals surface area contributed by atoms with E-state index in [-0.39, 0.29) is 5.56 Å². The zero-order valence-corrected chi connectivity index (χ0v) is 12.8. The van der Waals surface area contributed by atoms with Gasteiger partial charge in [0.1, 0.15) is 5.82 Å². The van der Waals surface area contributed by atoms with Crippen LogP contribution in [0.1, 0.15) is 17.1 Å². The number of rotatable bonds is 4. The quantitative estimate of drug-likeness (QED) is 0.943. The van der Waals surface area contributed by atoms with Crippen LogP contribution in [-0.2, 0) is 17.2 Å². The monoisotopic (exact) mass is 310 g/mol. The van der Waals surface area contributed by atoms with Crippen molar-refractivity contribution in [1.29, 1.82) is 0 Å². The summed E-state index contributed by atoms with van der Waals surface area (Å²) in [6.45, 7) is 3.52. The molecule has 1 unspecified atom stereocenters. The van der Waals surface area contributed by atoms with E-state index in [4.69, 9.17) is 11.6 Å². The Balaban J connectivity index is 2.16. The standard InChI is InChI=1S/C14H15ClN2O2S/c1-9-11(14(18)17-10(2)16-9)7-8-20(19)13-6-4-3-5-12(13)15/h3-6H,7-8H2,1-2H3,(H,16,17,18). The van der Waals surface area contributed by atoms with Gasteiger partial charge in [0.05, 0.1) is 20.7 Å². The lowest BCUT2D eigenvalue weighted by molar-refractivity contribution is 0.682. The summed E-state index contributed by atoms with van der Waals surface area (Å²) in [7, 11) is -1.23. The van der Waals surface area contributed by atoms with Gasteiger partial charge in [-0.05, 0) is 32.4 Å². The zero-order valence-electron chi connectivity index (χ0n) is 11.3. The van der Waals surface area contributed by atoms with Crippen molar-refractivity contribution in [3.8, 4) is 0 Å². The molecular formula is C14H15ClN2O2S. The number of hydrogen-bond acceptors (Lipinski definition) is 3. The van der Waals surface area contributed by atoms with Crippen molar-refractivity contribution in [3.63, 3.8) is 0 Å². The molecule has 2 aromatic rings. The fourth-order valence-electron chi connectivity index (χ4n) is 1.98. The van der Waals surface area contributed by atoms with Crippen molar-refractivity contribution in [2.24, 2.45) is 0 Å². The Morgan fingerprint density at radius 2 is 2.00 bits per heavy atom. The fraction of sp³-hybridized carbons (Fsp3) is 0.286. The van der Waals surface area contributed by atoms with Gasteiger partial charge >= 0.3 is 0 Å². The molecule has 0 amide bonds. The van der Waals surface area contributed by atoms with E-state index in [2.05, 4.69) is 9.97 Å². The highest BCUT2D eigenvalue weighted by Crippen LogP contribution is 2.19. The van der Waals surface area contributed by atoms with Crippen LogP contribution in [0.25, 0.3) is 0 Å². The van der Waals surface area contributed by atoms with Gasteiger partial charge < -0.3 is 4.98 Å². The second-order valence-corrected chi connectivity index (χ2v) is 6.39. The molecule has 1 heterocycles. The Hall–Kier alpha value is -1.46. The van der Waals surface area contributed by atoms with Crippen LogP contribution in [-0.4, -0.2) is 19.9 Å². The lowest BCUT2D eigenvalue weighted by Gasteiger charge is -2.06.